The van der Waals surface area contributed by atoms with Crippen LogP contribution in [0.25, 0.3) is 0 Å². The van der Waals surface area contributed by atoms with Crippen molar-refractivity contribution in [2.45, 2.75) is 26.3 Å². The fraction of sp³-hybridized carbons (Fsp3) is 0.500. The topological polar surface area (TPSA) is 29.5 Å². The molecule has 0 heterocycles. The van der Waals surface area contributed by atoms with Crippen LogP contribution in [0.2, 0.25) is 5.02 Å². The van der Waals surface area contributed by atoms with Crippen molar-refractivity contribution in [3.05, 3.63) is 34.9 Å². The van der Waals surface area contributed by atoms with E-state index in [1.807, 2.05) is 7.05 Å². The maximum Gasteiger partial charge on any atom is 0.339 e. The van der Waals surface area contributed by atoms with Gasteiger partial charge in [0.15, 0.2) is 0 Å². The number of ether oxygens (including phenoxy) is 1. The molecule has 0 fully saturated rings. The van der Waals surface area contributed by atoms with Gasteiger partial charge >= 0.3 is 5.97 Å². The minimum Gasteiger partial charge on any atom is -0.461 e. The Morgan fingerprint density at radius 2 is 1.94 bits per heavy atom. The molecule has 0 aliphatic heterocycles. The number of rotatable bonds is 4. The third kappa shape index (κ3) is 4.31. The normalized spacial score (nSPS) is 11.7. The molecule has 0 aliphatic carbocycles. The molecule has 0 unspecified atom stereocenters. The Balaban J connectivity index is 2.46. The van der Waals surface area contributed by atoms with Crippen molar-refractivity contribution in [3.8, 4) is 0 Å². The van der Waals surface area contributed by atoms with E-state index in [1.165, 1.54) is 0 Å². The first-order chi connectivity index (χ1) is 8.32. The van der Waals surface area contributed by atoms with Gasteiger partial charge in [0.25, 0.3) is 0 Å². The van der Waals surface area contributed by atoms with Gasteiger partial charge in [-0.15, -0.1) is 0 Å². The quantitative estimate of drug-likeness (QED) is 0.786. The highest BCUT2D eigenvalue weighted by atomic mass is 35.5. The number of carbonyl (C=O) groups excluding carboxylic acids is 1. The second kappa shape index (κ2) is 6.21. The molecule has 1 aromatic carbocycles. The van der Waals surface area contributed by atoms with Crippen LogP contribution in [0.1, 0.15) is 31.1 Å². The molecule has 0 atom stereocenters. The Hall–Kier alpha value is -1.06. The smallest absolute Gasteiger partial charge is 0.339 e. The van der Waals surface area contributed by atoms with Gasteiger partial charge in [0, 0.05) is 12.1 Å². The number of nitrogens with zero attached hydrogens (tertiary/aromatic N) is 1. The van der Waals surface area contributed by atoms with Crippen LogP contribution in [-0.4, -0.2) is 36.6 Å². The largest absolute Gasteiger partial charge is 0.461 e. The Kier molecular flexibility index (Phi) is 5.17. The molecule has 4 heteroatoms. The van der Waals surface area contributed by atoms with Crippen molar-refractivity contribution < 1.29 is 9.53 Å². The Morgan fingerprint density at radius 1 is 1.33 bits per heavy atom. The van der Waals surface area contributed by atoms with E-state index < -0.39 is 0 Å². The lowest BCUT2D eigenvalue weighted by atomic mass is 10.1. The zero-order valence-corrected chi connectivity index (χ0v) is 12.1. The number of benzene rings is 1. The van der Waals surface area contributed by atoms with Gasteiger partial charge in [0.2, 0.25) is 0 Å². The molecular weight excluding hydrogens is 250 g/mol. The van der Waals surface area contributed by atoms with Gasteiger partial charge in [0.05, 0.1) is 10.6 Å². The molecule has 0 saturated heterocycles. The summed E-state index contributed by atoms with van der Waals surface area (Å²) in [5.41, 5.74) is 0.481. The first-order valence-electron chi connectivity index (χ1n) is 5.95. The van der Waals surface area contributed by atoms with E-state index in [1.54, 1.807) is 24.3 Å². The minimum absolute atomic E-state index is 0.0663. The van der Waals surface area contributed by atoms with Gasteiger partial charge < -0.3 is 4.74 Å². The van der Waals surface area contributed by atoms with Crippen LogP contribution >= 0.6 is 11.6 Å². The summed E-state index contributed by atoms with van der Waals surface area (Å²) in [6.45, 7) is 7.40. The van der Waals surface area contributed by atoms with Crippen LogP contribution < -0.4 is 0 Å². The number of carbonyl (C=O) groups is 1. The molecule has 0 aliphatic rings. The maximum absolute atomic E-state index is 11.8. The lowest BCUT2D eigenvalue weighted by molar-refractivity contribution is 0.0424. The van der Waals surface area contributed by atoms with Gasteiger partial charge in [0.1, 0.15) is 6.61 Å². The molecule has 1 rings (SSSR count). The molecule has 3 nitrogen and oxygen atoms in total. The van der Waals surface area contributed by atoms with Crippen LogP contribution in [0.3, 0.4) is 0 Å². The van der Waals surface area contributed by atoms with Crippen molar-refractivity contribution >= 4 is 17.6 Å². The van der Waals surface area contributed by atoms with Crippen LogP contribution in [-0.2, 0) is 4.74 Å². The van der Waals surface area contributed by atoms with Crippen molar-refractivity contribution in [2.75, 3.05) is 20.2 Å². The second-order valence-corrected chi connectivity index (χ2v) is 5.62. The lowest BCUT2D eigenvalue weighted by Crippen LogP contribution is -2.40. The number of likely N-dealkylation sites (N-methyl/N-ethyl adjacent to an activating group) is 1. The highest BCUT2D eigenvalue weighted by Crippen LogP contribution is 2.16. The highest BCUT2D eigenvalue weighted by Gasteiger charge is 2.17. The molecule has 0 amide bonds. The number of esters is 1. The first-order valence-corrected chi connectivity index (χ1v) is 6.33. The summed E-state index contributed by atoms with van der Waals surface area (Å²) >= 11 is 5.92. The van der Waals surface area contributed by atoms with E-state index in [0.717, 1.165) is 0 Å². The summed E-state index contributed by atoms with van der Waals surface area (Å²) in [4.78, 5) is 13.9. The molecule has 0 spiro atoms. The molecule has 1 aromatic rings. The Morgan fingerprint density at radius 3 is 2.50 bits per heavy atom. The SMILES string of the molecule is CN(CCOC(=O)c1ccccc1Cl)C(C)(C)C. The number of hydrogen-bond acceptors (Lipinski definition) is 3. The third-order valence-corrected chi connectivity index (χ3v) is 3.23. The standard InChI is InChI=1S/C14H20ClNO2/c1-14(2,3)16(4)9-10-18-13(17)11-7-5-6-8-12(11)15/h5-8H,9-10H2,1-4H3. The number of halogens is 1. The van der Waals surface area contributed by atoms with Crippen LogP contribution in [0.15, 0.2) is 24.3 Å². The number of hydrogen-bond donors (Lipinski definition) is 0. The van der Waals surface area contributed by atoms with Crippen molar-refractivity contribution in [3.63, 3.8) is 0 Å². The monoisotopic (exact) mass is 269 g/mol. The average Bonchev–Trinajstić information content (AvgIpc) is 2.28. The van der Waals surface area contributed by atoms with E-state index in [0.29, 0.717) is 23.7 Å². The molecule has 0 radical (unpaired) electrons. The van der Waals surface area contributed by atoms with Crippen molar-refractivity contribution in [2.24, 2.45) is 0 Å². The zero-order valence-electron chi connectivity index (χ0n) is 11.4. The summed E-state index contributed by atoms with van der Waals surface area (Å²) in [5, 5.41) is 0.423. The maximum atomic E-state index is 11.8. The van der Waals surface area contributed by atoms with E-state index in [9.17, 15) is 4.79 Å². The minimum atomic E-state index is -0.372. The summed E-state index contributed by atoms with van der Waals surface area (Å²) in [6, 6.07) is 6.90. The van der Waals surface area contributed by atoms with Crippen LogP contribution in [0.4, 0.5) is 0 Å². The molecule has 0 bridgehead atoms. The van der Waals surface area contributed by atoms with Gasteiger partial charge in [-0.2, -0.15) is 0 Å². The lowest BCUT2D eigenvalue weighted by Gasteiger charge is -2.31. The fourth-order valence-corrected chi connectivity index (χ4v) is 1.53. The van der Waals surface area contributed by atoms with Crippen molar-refractivity contribution in [1.82, 2.24) is 4.90 Å². The third-order valence-electron chi connectivity index (χ3n) is 2.90. The Labute approximate surface area is 114 Å². The molecule has 0 aromatic heterocycles. The average molecular weight is 270 g/mol. The van der Waals surface area contributed by atoms with Gasteiger partial charge in [-0.1, -0.05) is 23.7 Å². The predicted molar refractivity (Wildman–Crippen MR) is 74.1 cm³/mol. The van der Waals surface area contributed by atoms with Gasteiger partial charge in [-0.05, 0) is 40.0 Å². The van der Waals surface area contributed by atoms with Crippen molar-refractivity contribution in [1.29, 1.82) is 0 Å². The van der Waals surface area contributed by atoms with E-state index in [2.05, 4.69) is 25.7 Å². The highest BCUT2D eigenvalue weighted by molar-refractivity contribution is 6.33. The molecule has 18 heavy (non-hydrogen) atoms. The fourth-order valence-electron chi connectivity index (χ4n) is 1.32. The molecule has 0 N–H and O–H groups in total. The summed E-state index contributed by atoms with van der Waals surface area (Å²) in [5.74, 6) is -0.372. The van der Waals surface area contributed by atoms with Gasteiger partial charge in [-0.3, -0.25) is 4.90 Å². The van der Waals surface area contributed by atoms with E-state index in [4.69, 9.17) is 16.3 Å². The summed E-state index contributed by atoms with van der Waals surface area (Å²) in [7, 11) is 2.00. The zero-order chi connectivity index (χ0) is 13.8. The molecule has 100 valence electrons. The predicted octanol–water partition coefficient (Wildman–Crippen LogP) is 3.23. The van der Waals surface area contributed by atoms with Gasteiger partial charge in [-0.25, -0.2) is 4.79 Å². The van der Waals surface area contributed by atoms with Crippen LogP contribution in [0, 0.1) is 0 Å². The second-order valence-electron chi connectivity index (χ2n) is 5.21. The molecular formula is C14H20ClNO2. The van der Waals surface area contributed by atoms with Crippen LogP contribution in [0.5, 0.6) is 0 Å². The van der Waals surface area contributed by atoms with E-state index in [-0.39, 0.29) is 11.5 Å². The first kappa shape index (κ1) is 15.0. The summed E-state index contributed by atoms with van der Waals surface area (Å²) in [6.07, 6.45) is 0. The molecule has 0 saturated carbocycles. The summed E-state index contributed by atoms with van der Waals surface area (Å²) < 4.78 is 5.21. The Bertz CT molecular complexity index is 413. The van der Waals surface area contributed by atoms with E-state index >= 15 is 0 Å².